The van der Waals surface area contributed by atoms with E-state index in [0.717, 1.165) is 50.8 Å². The van der Waals surface area contributed by atoms with Crippen LogP contribution < -0.4 is 5.32 Å². The fraction of sp³-hybridized carbons (Fsp3) is 0.720. The van der Waals surface area contributed by atoms with Gasteiger partial charge in [0, 0.05) is 6.04 Å². The molecule has 2 saturated carbocycles. The molecule has 1 N–H and O–H groups in total. The number of fused-ring (bicyclic) bond motifs is 1. The van der Waals surface area contributed by atoms with Gasteiger partial charge in [-0.25, -0.2) is 0 Å². The molecule has 1 heterocycles. The molecule has 0 amide bonds. The minimum Gasteiger partial charge on any atom is -0.469 e. The normalized spacial score (nSPS) is 32.3. The number of carbonyl (C=O) groups excluding carboxylic acids is 1. The Labute approximate surface area is 176 Å². The van der Waals surface area contributed by atoms with Crippen LogP contribution in [-0.4, -0.2) is 19.1 Å². The number of carbonyl (C=O) groups is 1. The average molecular weight is 402 g/mol. The Balaban J connectivity index is 1.78. The topological polar surface area (TPSA) is 51.5 Å². The van der Waals surface area contributed by atoms with Crippen molar-refractivity contribution in [1.29, 1.82) is 0 Å². The summed E-state index contributed by atoms with van der Waals surface area (Å²) in [7, 11) is 1.53. The maximum absolute atomic E-state index is 12.7. The van der Waals surface area contributed by atoms with Crippen LogP contribution in [0.5, 0.6) is 0 Å². The van der Waals surface area contributed by atoms with Crippen molar-refractivity contribution in [3.8, 4) is 0 Å². The molecule has 29 heavy (non-hydrogen) atoms. The van der Waals surface area contributed by atoms with Gasteiger partial charge in [-0.1, -0.05) is 39.3 Å². The van der Waals surface area contributed by atoms with E-state index in [-0.39, 0.29) is 16.8 Å². The van der Waals surface area contributed by atoms with E-state index in [2.05, 4.69) is 45.7 Å². The van der Waals surface area contributed by atoms with Gasteiger partial charge in [0.05, 0.1) is 25.3 Å². The van der Waals surface area contributed by atoms with Crippen LogP contribution in [0, 0.1) is 22.7 Å². The van der Waals surface area contributed by atoms with Gasteiger partial charge in [0.2, 0.25) is 0 Å². The number of nitrogens with one attached hydrogen (secondary N) is 1. The monoisotopic (exact) mass is 401 g/mol. The molecule has 0 saturated heterocycles. The lowest BCUT2D eigenvalue weighted by atomic mass is 9.46. The summed E-state index contributed by atoms with van der Waals surface area (Å²) in [5.74, 6) is 1.81. The zero-order chi connectivity index (χ0) is 21.2. The lowest BCUT2D eigenvalue weighted by molar-refractivity contribution is -0.168. The minimum absolute atomic E-state index is 0.0310. The van der Waals surface area contributed by atoms with E-state index >= 15 is 0 Å². The molecule has 1 aromatic rings. The molecule has 2 aliphatic carbocycles. The molecule has 4 nitrogen and oxygen atoms in total. The predicted octanol–water partition coefficient (Wildman–Crippen LogP) is 5.66. The van der Waals surface area contributed by atoms with Crippen LogP contribution in [0.15, 0.2) is 28.9 Å². The summed E-state index contributed by atoms with van der Waals surface area (Å²) in [6, 6.07) is 2.55. The Morgan fingerprint density at radius 1 is 1.38 bits per heavy atom. The third kappa shape index (κ3) is 4.19. The molecule has 2 aliphatic rings. The number of esters is 1. The van der Waals surface area contributed by atoms with Gasteiger partial charge in [0.1, 0.15) is 5.76 Å². The van der Waals surface area contributed by atoms with E-state index in [1.807, 2.05) is 6.26 Å². The number of ether oxygens (including phenoxy) is 1. The summed E-state index contributed by atoms with van der Waals surface area (Å²) >= 11 is 0. The molecule has 0 spiro atoms. The molecule has 3 rings (SSSR count). The number of methoxy groups -OCH3 is 1. The first-order valence-corrected chi connectivity index (χ1v) is 11.3. The van der Waals surface area contributed by atoms with Gasteiger partial charge in [0.15, 0.2) is 0 Å². The van der Waals surface area contributed by atoms with Crippen molar-refractivity contribution < 1.29 is 13.9 Å². The van der Waals surface area contributed by atoms with Crippen molar-refractivity contribution in [2.24, 2.45) is 22.7 Å². The van der Waals surface area contributed by atoms with E-state index in [1.165, 1.54) is 24.7 Å². The Bertz CT molecular complexity index is 736. The van der Waals surface area contributed by atoms with Gasteiger partial charge in [-0.2, -0.15) is 0 Å². The molecule has 0 unspecified atom stereocenters. The lowest BCUT2D eigenvalue weighted by Gasteiger charge is -2.57. The highest BCUT2D eigenvalue weighted by Gasteiger charge is 2.57. The summed E-state index contributed by atoms with van der Waals surface area (Å²) in [6.07, 6.45) is 9.12. The molecule has 0 aromatic carbocycles. The maximum Gasteiger partial charge on any atom is 0.311 e. The first-order valence-electron chi connectivity index (χ1n) is 11.3. The van der Waals surface area contributed by atoms with Crippen molar-refractivity contribution in [3.63, 3.8) is 0 Å². The summed E-state index contributed by atoms with van der Waals surface area (Å²) in [6.45, 7) is 14.1. The van der Waals surface area contributed by atoms with Gasteiger partial charge >= 0.3 is 5.97 Å². The van der Waals surface area contributed by atoms with E-state index in [4.69, 9.17) is 9.15 Å². The minimum atomic E-state index is -0.372. The smallest absolute Gasteiger partial charge is 0.311 e. The molecule has 1 aromatic heterocycles. The van der Waals surface area contributed by atoms with Crippen molar-refractivity contribution in [2.75, 3.05) is 7.11 Å². The van der Waals surface area contributed by atoms with Crippen LogP contribution in [0.4, 0.5) is 0 Å². The third-order valence-corrected chi connectivity index (χ3v) is 7.88. The Kier molecular flexibility index (Phi) is 6.62. The van der Waals surface area contributed by atoms with Crippen LogP contribution in [0.25, 0.3) is 0 Å². The summed E-state index contributed by atoms with van der Waals surface area (Å²) in [5, 5.41) is 3.45. The molecule has 0 bridgehead atoms. The van der Waals surface area contributed by atoms with E-state index in [9.17, 15) is 4.79 Å². The van der Waals surface area contributed by atoms with E-state index in [1.54, 1.807) is 0 Å². The number of allylic oxidation sites excluding steroid dienone is 1. The number of aryl methyl sites for hydroxylation is 1. The molecule has 4 atom stereocenters. The standard InChI is InChI=1S/C25H39NO3/c1-17(2)26-16-21-19(12-15-29-21)9-10-20-18(3)8-11-22-24(20,4)13-7-14-25(22,5)23(27)28-6/h12,15,17,20,22,26H,3,7-11,13-14,16H2,1-2,4-6H3/t20-,22-,24-,25+/m1/s1. The fourth-order valence-corrected chi connectivity index (χ4v) is 6.30. The first-order chi connectivity index (χ1) is 13.7. The third-order valence-electron chi connectivity index (χ3n) is 7.88. The number of hydrogen-bond donors (Lipinski definition) is 1. The molecule has 162 valence electrons. The highest BCUT2D eigenvalue weighted by atomic mass is 16.5. The van der Waals surface area contributed by atoms with E-state index < -0.39 is 0 Å². The fourth-order valence-electron chi connectivity index (χ4n) is 6.30. The van der Waals surface area contributed by atoms with Crippen LogP contribution in [0.2, 0.25) is 0 Å². The number of hydrogen-bond acceptors (Lipinski definition) is 4. The average Bonchev–Trinajstić information content (AvgIpc) is 3.12. The Hall–Kier alpha value is -1.55. The van der Waals surface area contributed by atoms with Gasteiger partial charge in [-0.15, -0.1) is 0 Å². The predicted molar refractivity (Wildman–Crippen MR) is 116 cm³/mol. The molecular formula is C25H39NO3. The second-order valence-corrected chi connectivity index (χ2v) is 10.0. The quantitative estimate of drug-likeness (QED) is 0.473. The van der Waals surface area contributed by atoms with Crippen LogP contribution >= 0.6 is 0 Å². The van der Waals surface area contributed by atoms with Gasteiger partial charge in [-0.3, -0.25) is 4.79 Å². The van der Waals surface area contributed by atoms with E-state index in [0.29, 0.717) is 17.9 Å². The highest BCUT2D eigenvalue weighted by Crippen LogP contribution is 2.62. The Morgan fingerprint density at radius 2 is 2.14 bits per heavy atom. The Morgan fingerprint density at radius 3 is 2.83 bits per heavy atom. The van der Waals surface area contributed by atoms with Gasteiger partial charge < -0.3 is 14.5 Å². The number of rotatable bonds is 7. The molecule has 0 radical (unpaired) electrons. The SMILES string of the molecule is C=C1CC[C@@H]2[C@](C)(CCC[C@]2(C)C(=O)OC)[C@@H]1CCc1ccoc1CNC(C)C. The zero-order valence-electron chi connectivity index (χ0n) is 19.0. The van der Waals surface area contributed by atoms with Crippen molar-refractivity contribution in [3.05, 3.63) is 35.8 Å². The summed E-state index contributed by atoms with van der Waals surface area (Å²) in [4.78, 5) is 12.7. The molecule has 2 fully saturated rings. The second-order valence-electron chi connectivity index (χ2n) is 10.0. The van der Waals surface area contributed by atoms with Crippen LogP contribution in [0.3, 0.4) is 0 Å². The number of furan rings is 1. The summed E-state index contributed by atoms with van der Waals surface area (Å²) in [5.41, 5.74) is 2.39. The van der Waals surface area contributed by atoms with Gasteiger partial charge in [0.25, 0.3) is 0 Å². The van der Waals surface area contributed by atoms with Crippen LogP contribution in [0.1, 0.15) is 77.5 Å². The largest absolute Gasteiger partial charge is 0.469 e. The van der Waals surface area contributed by atoms with Crippen molar-refractivity contribution in [2.45, 2.75) is 85.2 Å². The maximum atomic E-state index is 12.7. The second kappa shape index (κ2) is 8.67. The zero-order valence-corrected chi connectivity index (χ0v) is 19.0. The molecular weight excluding hydrogens is 362 g/mol. The van der Waals surface area contributed by atoms with Crippen molar-refractivity contribution in [1.82, 2.24) is 5.32 Å². The van der Waals surface area contributed by atoms with Crippen LogP contribution in [-0.2, 0) is 22.5 Å². The van der Waals surface area contributed by atoms with Gasteiger partial charge in [-0.05, 0) is 74.3 Å². The molecule has 4 heteroatoms. The highest BCUT2D eigenvalue weighted by molar-refractivity contribution is 5.77. The lowest BCUT2D eigenvalue weighted by Crippen LogP contribution is -2.53. The van der Waals surface area contributed by atoms with Crippen molar-refractivity contribution >= 4 is 5.97 Å². The first kappa shape index (κ1) is 22.1. The summed E-state index contributed by atoms with van der Waals surface area (Å²) < 4.78 is 11.0. The molecule has 0 aliphatic heterocycles.